The van der Waals surface area contributed by atoms with Gasteiger partial charge in [0, 0.05) is 5.69 Å². The predicted molar refractivity (Wildman–Crippen MR) is 68.4 cm³/mol. The van der Waals surface area contributed by atoms with E-state index in [9.17, 15) is 14.4 Å². The number of aliphatic carboxylic acids is 2. The van der Waals surface area contributed by atoms with Crippen molar-refractivity contribution in [3.8, 4) is 5.75 Å². The lowest BCUT2D eigenvalue weighted by Gasteiger charge is -2.10. The van der Waals surface area contributed by atoms with E-state index < -0.39 is 36.9 Å². The number of hydrogen-bond acceptors (Lipinski definition) is 5. The zero-order chi connectivity index (χ0) is 15.1. The Morgan fingerprint density at radius 1 is 1.15 bits per heavy atom. The number of carbonyl (C=O) groups is 3. The molecule has 0 heterocycles. The minimum Gasteiger partial charge on any atom is -0.482 e. The number of carboxylic acids is 2. The van der Waals surface area contributed by atoms with Gasteiger partial charge in [-0.3, -0.25) is 9.59 Å². The fourth-order valence-corrected chi connectivity index (χ4v) is 1.30. The Kier molecular flexibility index (Phi) is 5.48. The van der Waals surface area contributed by atoms with E-state index in [2.05, 4.69) is 5.32 Å². The number of amides is 1. The number of carboxylic acid groups (broad SMARTS) is 2. The van der Waals surface area contributed by atoms with Crippen molar-refractivity contribution < 1.29 is 29.3 Å². The molecule has 1 amide bonds. The van der Waals surface area contributed by atoms with Gasteiger partial charge < -0.3 is 26.0 Å². The first-order valence-electron chi connectivity index (χ1n) is 5.61. The van der Waals surface area contributed by atoms with Gasteiger partial charge in [-0.15, -0.1) is 0 Å². The molecule has 1 unspecified atom stereocenters. The van der Waals surface area contributed by atoms with Gasteiger partial charge in [-0.05, 0) is 24.3 Å². The molecule has 1 aromatic rings. The molecule has 20 heavy (non-hydrogen) atoms. The molecule has 0 radical (unpaired) electrons. The summed E-state index contributed by atoms with van der Waals surface area (Å²) in [5.74, 6) is -2.54. The van der Waals surface area contributed by atoms with Crippen LogP contribution in [0, 0.1) is 0 Å². The van der Waals surface area contributed by atoms with Crippen LogP contribution >= 0.6 is 0 Å². The number of carbonyl (C=O) groups excluding carboxylic acids is 1. The van der Waals surface area contributed by atoms with Gasteiger partial charge in [0.25, 0.3) is 0 Å². The molecule has 1 atom stereocenters. The number of anilines is 1. The summed E-state index contributed by atoms with van der Waals surface area (Å²) in [4.78, 5) is 32.3. The Bertz CT molecular complexity index is 499. The normalized spacial score (nSPS) is 11.4. The highest BCUT2D eigenvalue weighted by molar-refractivity contribution is 5.96. The second-order valence-electron chi connectivity index (χ2n) is 3.90. The van der Waals surface area contributed by atoms with Crippen molar-refractivity contribution in [1.82, 2.24) is 0 Å². The molecule has 1 aromatic carbocycles. The van der Waals surface area contributed by atoms with Crippen LogP contribution in [-0.4, -0.2) is 40.7 Å². The molecular formula is C12H14N2O6. The summed E-state index contributed by atoms with van der Waals surface area (Å²) in [6.45, 7) is -0.463. The van der Waals surface area contributed by atoms with Crippen molar-refractivity contribution in [2.24, 2.45) is 5.73 Å². The van der Waals surface area contributed by atoms with Gasteiger partial charge in [-0.2, -0.15) is 0 Å². The van der Waals surface area contributed by atoms with Crippen molar-refractivity contribution in [2.75, 3.05) is 11.9 Å². The van der Waals surface area contributed by atoms with Crippen LogP contribution in [0.5, 0.6) is 5.75 Å². The van der Waals surface area contributed by atoms with Gasteiger partial charge >= 0.3 is 11.9 Å². The highest BCUT2D eigenvalue weighted by Crippen LogP contribution is 2.15. The summed E-state index contributed by atoms with van der Waals surface area (Å²) in [6, 6.07) is 4.78. The van der Waals surface area contributed by atoms with Crippen LogP contribution in [0.15, 0.2) is 24.3 Å². The van der Waals surface area contributed by atoms with Crippen LogP contribution in [-0.2, 0) is 14.4 Å². The van der Waals surface area contributed by atoms with E-state index >= 15 is 0 Å². The number of nitrogens with two attached hydrogens (primary N) is 1. The maximum Gasteiger partial charge on any atom is 0.341 e. The van der Waals surface area contributed by atoms with Crippen LogP contribution in [0.4, 0.5) is 5.69 Å². The zero-order valence-electron chi connectivity index (χ0n) is 10.4. The van der Waals surface area contributed by atoms with Gasteiger partial charge in [0.05, 0.1) is 12.5 Å². The summed E-state index contributed by atoms with van der Waals surface area (Å²) in [5, 5.41) is 19.4. The maximum absolute atomic E-state index is 11.5. The number of nitrogens with one attached hydrogen (secondary N) is 1. The molecule has 5 N–H and O–H groups in total. The Morgan fingerprint density at radius 3 is 2.25 bits per heavy atom. The van der Waals surface area contributed by atoms with Crippen molar-refractivity contribution in [3.05, 3.63) is 24.3 Å². The van der Waals surface area contributed by atoms with Crippen molar-refractivity contribution in [3.63, 3.8) is 0 Å². The van der Waals surface area contributed by atoms with Crippen LogP contribution in [0.25, 0.3) is 0 Å². The Labute approximate surface area is 114 Å². The first-order chi connectivity index (χ1) is 9.38. The fourth-order valence-electron chi connectivity index (χ4n) is 1.30. The SMILES string of the molecule is NC(CC(=O)O)C(=O)Nc1ccc(OCC(=O)O)cc1. The second-order valence-corrected chi connectivity index (χ2v) is 3.90. The largest absolute Gasteiger partial charge is 0.482 e. The molecule has 0 bridgehead atoms. The molecule has 0 saturated carbocycles. The predicted octanol–water partition coefficient (Wildman–Crippen LogP) is -0.109. The Balaban J connectivity index is 2.54. The first-order valence-corrected chi connectivity index (χ1v) is 5.61. The molecule has 0 aliphatic carbocycles. The van der Waals surface area contributed by atoms with Gasteiger partial charge in [0.2, 0.25) is 5.91 Å². The molecule has 108 valence electrons. The number of ether oxygens (including phenoxy) is 1. The van der Waals surface area contributed by atoms with Gasteiger partial charge in [-0.25, -0.2) is 4.79 Å². The number of benzene rings is 1. The summed E-state index contributed by atoms with van der Waals surface area (Å²) in [5.41, 5.74) is 5.80. The molecular weight excluding hydrogens is 268 g/mol. The van der Waals surface area contributed by atoms with Crippen LogP contribution in [0.1, 0.15) is 6.42 Å². The van der Waals surface area contributed by atoms with Crippen LogP contribution in [0.2, 0.25) is 0 Å². The van der Waals surface area contributed by atoms with Crippen molar-refractivity contribution in [2.45, 2.75) is 12.5 Å². The highest BCUT2D eigenvalue weighted by atomic mass is 16.5. The lowest BCUT2D eigenvalue weighted by molar-refractivity contribution is -0.139. The molecule has 0 aliphatic rings. The molecule has 1 rings (SSSR count). The summed E-state index contributed by atoms with van der Waals surface area (Å²) < 4.78 is 4.91. The minimum absolute atomic E-state index is 0.334. The standard InChI is InChI=1S/C12H14N2O6/c13-9(5-10(15)16)12(19)14-7-1-3-8(4-2-7)20-6-11(17)18/h1-4,9H,5-6,13H2,(H,14,19)(H,15,16)(H,17,18). The second kappa shape index (κ2) is 7.10. The summed E-state index contributed by atoms with van der Waals surface area (Å²) >= 11 is 0. The van der Waals surface area contributed by atoms with E-state index in [1.807, 2.05) is 0 Å². The monoisotopic (exact) mass is 282 g/mol. The number of rotatable bonds is 7. The maximum atomic E-state index is 11.5. The Morgan fingerprint density at radius 2 is 1.75 bits per heavy atom. The van der Waals surface area contributed by atoms with E-state index in [-0.39, 0.29) is 0 Å². The molecule has 0 fully saturated rings. The number of hydrogen-bond donors (Lipinski definition) is 4. The van der Waals surface area contributed by atoms with E-state index in [1.54, 1.807) is 0 Å². The smallest absolute Gasteiger partial charge is 0.341 e. The summed E-state index contributed by atoms with van der Waals surface area (Å²) in [7, 11) is 0. The third-order valence-electron chi connectivity index (χ3n) is 2.22. The van der Waals surface area contributed by atoms with Crippen LogP contribution < -0.4 is 15.8 Å². The molecule has 0 aliphatic heterocycles. The molecule has 0 aromatic heterocycles. The fraction of sp³-hybridized carbons (Fsp3) is 0.250. The zero-order valence-corrected chi connectivity index (χ0v) is 10.4. The Hall–Kier alpha value is -2.61. The molecule has 8 nitrogen and oxygen atoms in total. The van der Waals surface area contributed by atoms with Crippen molar-refractivity contribution in [1.29, 1.82) is 0 Å². The van der Waals surface area contributed by atoms with Gasteiger partial charge in [0.1, 0.15) is 5.75 Å². The van der Waals surface area contributed by atoms with Gasteiger partial charge in [0.15, 0.2) is 6.61 Å². The lowest BCUT2D eigenvalue weighted by Crippen LogP contribution is -2.37. The van der Waals surface area contributed by atoms with E-state index in [0.717, 1.165) is 0 Å². The molecule has 0 spiro atoms. The van der Waals surface area contributed by atoms with Gasteiger partial charge in [-0.1, -0.05) is 0 Å². The highest BCUT2D eigenvalue weighted by Gasteiger charge is 2.16. The summed E-state index contributed by atoms with van der Waals surface area (Å²) in [6.07, 6.45) is -0.467. The lowest BCUT2D eigenvalue weighted by atomic mass is 10.2. The third-order valence-corrected chi connectivity index (χ3v) is 2.22. The van der Waals surface area contributed by atoms with Crippen molar-refractivity contribution >= 4 is 23.5 Å². The first kappa shape index (κ1) is 15.4. The van der Waals surface area contributed by atoms with E-state index in [4.69, 9.17) is 20.7 Å². The van der Waals surface area contributed by atoms with E-state index in [1.165, 1.54) is 24.3 Å². The quantitative estimate of drug-likeness (QED) is 0.547. The van der Waals surface area contributed by atoms with E-state index in [0.29, 0.717) is 11.4 Å². The molecule has 0 saturated heterocycles. The third kappa shape index (κ3) is 5.36. The minimum atomic E-state index is -1.16. The topological polar surface area (TPSA) is 139 Å². The molecule has 8 heteroatoms. The van der Waals surface area contributed by atoms with Crippen LogP contribution in [0.3, 0.4) is 0 Å². The average molecular weight is 282 g/mol. The average Bonchev–Trinajstić information content (AvgIpc) is 2.37.